The van der Waals surface area contributed by atoms with E-state index in [1.807, 2.05) is 0 Å². The molecule has 68 valence electrons. The molecule has 4 nitrogen and oxygen atoms in total. The van der Waals surface area contributed by atoms with Gasteiger partial charge in [-0.25, -0.2) is 0 Å². The first kappa shape index (κ1) is 12.5. The van der Waals surface area contributed by atoms with Gasteiger partial charge in [0.1, 0.15) is 10.6 Å². The van der Waals surface area contributed by atoms with E-state index in [0.29, 0.717) is 0 Å². The number of aromatic hydroxyl groups is 1. The molecule has 0 heterocycles. The van der Waals surface area contributed by atoms with E-state index in [0.717, 1.165) is 0 Å². The summed E-state index contributed by atoms with van der Waals surface area (Å²) in [6.07, 6.45) is 0. The van der Waals surface area contributed by atoms with Crippen molar-refractivity contribution in [3.8, 4) is 5.75 Å². The van der Waals surface area contributed by atoms with Gasteiger partial charge < -0.3 is 5.11 Å². The summed E-state index contributed by atoms with van der Waals surface area (Å²) in [6, 6.07) is 3.93. The van der Waals surface area contributed by atoms with Crippen LogP contribution in [0, 0.1) is 6.92 Å². The average molecular weight is 196 g/mol. The second-order valence-corrected chi connectivity index (χ2v) is 3.77. The number of rotatable bonds is 1. The zero-order chi connectivity index (χ0) is 9.35. The molecular formula is C7H9LiO4S. The van der Waals surface area contributed by atoms with E-state index in [4.69, 9.17) is 9.66 Å². The van der Waals surface area contributed by atoms with E-state index in [1.165, 1.54) is 25.1 Å². The van der Waals surface area contributed by atoms with Crippen molar-refractivity contribution in [3.05, 3.63) is 23.8 Å². The van der Waals surface area contributed by atoms with Crippen LogP contribution < -0.4 is 0 Å². The van der Waals surface area contributed by atoms with Crippen molar-refractivity contribution in [1.82, 2.24) is 0 Å². The maximum atomic E-state index is 10.7. The molecule has 1 aromatic carbocycles. The third kappa shape index (κ3) is 2.74. The Bertz CT molecular complexity index is 399. The summed E-state index contributed by atoms with van der Waals surface area (Å²) < 4.78 is 30.0. The molecule has 2 N–H and O–H groups in total. The molecule has 0 aliphatic rings. The molecule has 0 spiro atoms. The Morgan fingerprint density at radius 3 is 2.23 bits per heavy atom. The second-order valence-electron chi connectivity index (χ2n) is 2.38. The van der Waals surface area contributed by atoms with Crippen LogP contribution in [-0.2, 0) is 10.1 Å². The van der Waals surface area contributed by atoms with Crippen molar-refractivity contribution in [1.29, 1.82) is 0 Å². The van der Waals surface area contributed by atoms with Gasteiger partial charge in [-0.05, 0) is 19.1 Å². The number of phenolic OH excluding ortho intramolecular Hbond substituents is 1. The molecule has 0 fully saturated rings. The molecule has 0 saturated heterocycles. The maximum absolute atomic E-state index is 10.7. The monoisotopic (exact) mass is 196 g/mol. The fourth-order valence-corrected chi connectivity index (χ4v) is 1.62. The fraction of sp³-hybridized carbons (Fsp3) is 0.143. The second kappa shape index (κ2) is 4.16. The minimum absolute atomic E-state index is 0. The van der Waals surface area contributed by atoms with Crippen LogP contribution >= 0.6 is 0 Å². The van der Waals surface area contributed by atoms with Crippen molar-refractivity contribution in [2.75, 3.05) is 0 Å². The Morgan fingerprint density at radius 2 is 1.85 bits per heavy atom. The number of phenols is 1. The number of hydrogen-bond donors (Lipinski definition) is 2. The van der Waals surface area contributed by atoms with Crippen LogP contribution in [0.5, 0.6) is 5.75 Å². The van der Waals surface area contributed by atoms with Gasteiger partial charge in [-0.15, -0.1) is 0 Å². The van der Waals surface area contributed by atoms with E-state index >= 15 is 0 Å². The quantitative estimate of drug-likeness (QED) is 0.500. The molecule has 0 atom stereocenters. The first-order valence-electron chi connectivity index (χ1n) is 3.19. The van der Waals surface area contributed by atoms with E-state index in [-0.39, 0.29) is 35.1 Å². The predicted molar refractivity (Wildman–Crippen MR) is 49.8 cm³/mol. The van der Waals surface area contributed by atoms with Gasteiger partial charge in [0, 0.05) is 5.56 Å². The van der Waals surface area contributed by atoms with Gasteiger partial charge in [-0.3, -0.25) is 4.55 Å². The van der Waals surface area contributed by atoms with Gasteiger partial charge >= 0.3 is 18.9 Å². The standard InChI is InChI=1S/C7H8O4S.Li.H/c1-5-6(8)3-2-4-7(5)12(9,10)11;;/h2-4,8H,1H3,(H,9,10,11);;. The van der Waals surface area contributed by atoms with Crippen LogP contribution in [0.15, 0.2) is 23.1 Å². The summed E-state index contributed by atoms with van der Waals surface area (Å²) in [6.45, 7) is 1.42. The Hall–Kier alpha value is -0.473. The van der Waals surface area contributed by atoms with E-state index < -0.39 is 10.1 Å². The van der Waals surface area contributed by atoms with Crippen LogP contribution in [0.1, 0.15) is 5.56 Å². The van der Waals surface area contributed by atoms with E-state index in [1.54, 1.807) is 0 Å². The van der Waals surface area contributed by atoms with Crippen molar-refractivity contribution in [2.24, 2.45) is 0 Å². The van der Waals surface area contributed by atoms with Crippen molar-refractivity contribution in [2.45, 2.75) is 11.8 Å². The summed E-state index contributed by atoms with van der Waals surface area (Å²) in [5.41, 5.74) is 0.153. The molecule has 0 saturated carbocycles. The van der Waals surface area contributed by atoms with Gasteiger partial charge in [0.05, 0.1) is 0 Å². The average Bonchev–Trinajstić information content (AvgIpc) is 1.92. The van der Waals surface area contributed by atoms with Gasteiger partial charge in [-0.1, -0.05) is 6.07 Å². The molecule has 0 radical (unpaired) electrons. The van der Waals surface area contributed by atoms with E-state index in [9.17, 15) is 8.42 Å². The first-order valence-corrected chi connectivity index (χ1v) is 4.63. The third-order valence-electron chi connectivity index (χ3n) is 1.53. The first-order chi connectivity index (χ1) is 5.43. The molecule has 13 heavy (non-hydrogen) atoms. The van der Waals surface area contributed by atoms with Gasteiger partial charge in [0.15, 0.2) is 0 Å². The molecule has 0 unspecified atom stereocenters. The molecule has 0 amide bonds. The Labute approximate surface area is 88.5 Å². The summed E-state index contributed by atoms with van der Waals surface area (Å²) in [7, 11) is -4.22. The van der Waals surface area contributed by atoms with Crippen LogP contribution in [0.3, 0.4) is 0 Å². The topological polar surface area (TPSA) is 74.6 Å². The molecule has 1 aromatic rings. The van der Waals surface area contributed by atoms with Crippen molar-refractivity contribution < 1.29 is 18.1 Å². The van der Waals surface area contributed by atoms with Crippen molar-refractivity contribution >= 4 is 29.0 Å². The van der Waals surface area contributed by atoms with Gasteiger partial charge in [0.25, 0.3) is 10.1 Å². The summed E-state index contributed by atoms with van der Waals surface area (Å²) in [4.78, 5) is -0.262. The van der Waals surface area contributed by atoms with Crippen LogP contribution in [0.4, 0.5) is 0 Å². The van der Waals surface area contributed by atoms with Crippen LogP contribution in [0.2, 0.25) is 0 Å². The summed E-state index contributed by atoms with van der Waals surface area (Å²) in [5, 5.41) is 9.09. The fourth-order valence-electron chi connectivity index (χ4n) is 0.882. The molecule has 0 aliphatic carbocycles. The molecular weight excluding hydrogens is 187 g/mol. The molecule has 1 rings (SSSR count). The van der Waals surface area contributed by atoms with Gasteiger partial charge in [0.2, 0.25) is 0 Å². The third-order valence-corrected chi connectivity index (χ3v) is 2.53. The van der Waals surface area contributed by atoms with E-state index in [2.05, 4.69) is 0 Å². The SMILES string of the molecule is Cc1c(O)cccc1S(=O)(=O)O.[LiH]. The van der Waals surface area contributed by atoms with Crippen LogP contribution in [-0.4, -0.2) is 36.9 Å². The zero-order valence-electron chi connectivity index (χ0n) is 6.35. The minimum atomic E-state index is -4.22. The normalized spacial score (nSPS) is 10.6. The number of benzene rings is 1. The number of hydrogen-bond acceptors (Lipinski definition) is 3. The Balaban J connectivity index is 0.00000144. The summed E-state index contributed by atoms with van der Waals surface area (Å²) >= 11 is 0. The summed E-state index contributed by atoms with van der Waals surface area (Å²) in [5.74, 6) is -0.148. The zero-order valence-corrected chi connectivity index (χ0v) is 7.17. The van der Waals surface area contributed by atoms with Crippen LogP contribution in [0.25, 0.3) is 0 Å². The van der Waals surface area contributed by atoms with Crippen molar-refractivity contribution in [3.63, 3.8) is 0 Å². The Kier molecular flexibility index (Phi) is 4.01. The Morgan fingerprint density at radius 1 is 1.31 bits per heavy atom. The molecule has 0 bridgehead atoms. The molecule has 6 heteroatoms. The molecule has 0 aliphatic heterocycles. The molecule has 0 aromatic heterocycles. The van der Waals surface area contributed by atoms with Gasteiger partial charge in [-0.2, -0.15) is 8.42 Å². The predicted octanol–water partition coefficient (Wildman–Crippen LogP) is 0.299.